The van der Waals surface area contributed by atoms with E-state index in [2.05, 4.69) is 13.8 Å². The number of hydrogen-bond acceptors (Lipinski definition) is 3. The Morgan fingerprint density at radius 1 is 1.05 bits per heavy atom. The number of amides is 2. The first-order valence-electron chi connectivity index (χ1n) is 7.67. The highest BCUT2D eigenvalue weighted by molar-refractivity contribution is 5.77. The molecule has 0 atom stereocenters. The molecular weight excluding hydrogens is 256 g/mol. The topological polar surface area (TPSA) is 49.9 Å². The van der Waals surface area contributed by atoms with Gasteiger partial charge in [0.2, 0.25) is 11.8 Å². The van der Waals surface area contributed by atoms with Crippen LogP contribution in [-0.4, -0.2) is 61.0 Å². The van der Waals surface area contributed by atoms with E-state index in [1.165, 1.54) is 0 Å². The predicted octanol–water partition coefficient (Wildman–Crippen LogP) is 1.52. The Kier molecular flexibility index (Phi) is 7.59. The molecule has 1 aliphatic rings. The first-order chi connectivity index (χ1) is 9.54. The molecule has 0 N–H and O–H groups in total. The van der Waals surface area contributed by atoms with Gasteiger partial charge >= 0.3 is 0 Å². The quantitative estimate of drug-likeness (QED) is 0.695. The van der Waals surface area contributed by atoms with E-state index in [-0.39, 0.29) is 11.8 Å². The van der Waals surface area contributed by atoms with E-state index < -0.39 is 0 Å². The third-order valence-electron chi connectivity index (χ3n) is 3.42. The first kappa shape index (κ1) is 17.0. The summed E-state index contributed by atoms with van der Waals surface area (Å²) in [6.45, 7) is 10.1. The molecule has 0 aromatic carbocycles. The molecule has 1 rings (SSSR count). The zero-order valence-electron chi connectivity index (χ0n) is 13.1. The van der Waals surface area contributed by atoms with Crippen molar-refractivity contribution in [1.82, 2.24) is 9.80 Å². The second-order valence-electron chi connectivity index (χ2n) is 5.69. The van der Waals surface area contributed by atoms with E-state index in [1.807, 2.05) is 16.7 Å². The highest BCUT2D eigenvalue weighted by Crippen LogP contribution is 2.07. The normalized spacial score (nSPS) is 16.4. The van der Waals surface area contributed by atoms with Gasteiger partial charge in [-0.2, -0.15) is 0 Å². The van der Waals surface area contributed by atoms with Gasteiger partial charge in [0.25, 0.3) is 0 Å². The lowest BCUT2D eigenvalue weighted by Gasteiger charge is -2.22. The van der Waals surface area contributed by atoms with Gasteiger partial charge in [-0.3, -0.25) is 9.59 Å². The predicted molar refractivity (Wildman–Crippen MR) is 78.3 cm³/mol. The zero-order chi connectivity index (χ0) is 15.0. The molecule has 1 fully saturated rings. The van der Waals surface area contributed by atoms with Crippen LogP contribution < -0.4 is 0 Å². The number of nitrogens with zero attached hydrogens (tertiary/aromatic N) is 2. The van der Waals surface area contributed by atoms with Crippen LogP contribution in [0.2, 0.25) is 0 Å². The fourth-order valence-electron chi connectivity index (χ4n) is 2.28. The van der Waals surface area contributed by atoms with Crippen LogP contribution in [0, 0.1) is 5.92 Å². The number of ether oxygens (including phenoxy) is 1. The number of hydrogen-bond donors (Lipinski definition) is 0. The maximum absolute atomic E-state index is 12.1. The molecule has 0 saturated carbocycles. The Morgan fingerprint density at radius 3 is 2.20 bits per heavy atom. The summed E-state index contributed by atoms with van der Waals surface area (Å²) in [6, 6.07) is 0. The van der Waals surface area contributed by atoms with Gasteiger partial charge in [-0.1, -0.05) is 20.8 Å². The van der Waals surface area contributed by atoms with Gasteiger partial charge in [-0.25, -0.2) is 0 Å². The first-order valence-corrected chi connectivity index (χ1v) is 7.67. The van der Waals surface area contributed by atoms with Crippen LogP contribution in [0.4, 0.5) is 0 Å². The fraction of sp³-hybridized carbons (Fsp3) is 0.867. The number of carbonyl (C=O) groups excluding carboxylic acids is 2. The summed E-state index contributed by atoms with van der Waals surface area (Å²) < 4.78 is 5.45. The maximum atomic E-state index is 12.1. The fourth-order valence-corrected chi connectivity index (χ4v) is 2.28. The molecule has 1 heterocycles. The summed E-state index contributed by atoms with van der Waals surface area (Å²) in [5.74, 6) is 0.816. The van der Waals surface area contributed by atoms with Gasteiger partial charge in [0.05, 0.1) is 13.0 Å². The van der Waals surface area contributed by atoms with Gasteiger partial charge < -0.3 is 14.5 Å². The lowest BCUT2D eigenvalue weighted by molar-refractivity contribution is -0.134. The molecule has 5 nitrogen and oxygen atoms in total. The monoisotopic (exact) mass is 284 g/mol. The third kappa shape index (κ3) is 5.90. The lowest BCUT2D eigenvalue weighted by atomic mass is 10.2. The molecule has 5 heteroatoms. The van der Waals surface area contributed by atoms with E-state index in [0.29, 0.717) is 45.1 Å². The smallest absolute Gasteiger partial charge is 0.224 e. The van der Waals surface area contributed by atoms with Gasteiger partial charge in [0.1, 0.15) is 0 Å². The van der Waals surface area contributed by atoms with Crippen molar-refractivity contribution in [1.29, 1.82) is 0 Å². The van der Waals surface area contributed by atoms with E-state index >= 15 is 0 Å². The van der Waals surface area contributed by atoms with Crippen molar-refractivity contribution in [2.45, 2.75) is 40.0 Å². The molecule has 20 heavy (non-hydrogen) atoms. The molecule has 0 aromatic rings. The zero-order valence-corrected chi connectivity index (χ0v) is 13.1. The Hall–Kier alpha value is -1.10. The summed E-state index contributed by atoms with van der Waals surface area (Å²) in [5, 5.41) is 0. The van der Waals surface area contributed by atoms with Crippen LogP contribution in [0.25, 0.3) is 0 Å². The van der Waals surface area contributed by atoms with E-state index in [0.717, 1.165) is 19.5 Å². The van der Waals surface area contributed by atoms with Crippen LogP contribution in [0.5, 0.6) is 0 Å². The highest BCUT2D eigenvalue weighted by atomic mass is 16.5. The highest BCUT2D eigenvalue weighted by Gasteiger charge is 2.20. The molecule has 116 valence electrons. The molecule has 0 radical (unpaired) electrons. The van der Waals surface area contributed by atoms with Crippen molar-refractivity contribution in [3.63, 3.8) is 0 Å². The summed E-state index contributed by atoms with van der Waals surface area (Å²) in [7, 11) is 0. The van der Waals surface area contributed by atoms with Crippen molar-refractivity contribution in [2.75, 3.05) is 39.4 Å². The molecule has 0 unspecified atom stereocenters. The minimum atomic E-state index is 0.138. The van der Waals surface area contributed by atoms with Crippen molar-refractivity contribution in [3.8, 4) is 0 Å². The SMILES string of the molecule is CCC(=O)N1CCCN(C(=O)CCOCC(C)C)CC1. The van der Waals surface area contributed by atoms with Crippen LogP contribution in [0.3, 0.4) is 0 Å². The average Bonchev–Trinajstić information content (AvgIpc) is 2.68. The summed E-state index contributed by atoms with van der Waals surface area (Å²) in [6.07, 6.45) is 1.84. The van der Waals surface area contributed by atoms with Gasteiger partial charge in [-0.15, -0.1) is 0 Å². The molecule has 1 saturated heterocycles. The van der Waals surface area contributed by atoms with Gasteiger partial charge in [0.15, 0.2) is 0 Å². The van der Waals surface area contributed by atoms with Crippen LogP contribution in [0.15, 0.2) is 0 Å². The third-order valence-corrected chi connectivity index (χ3v) is 3.42. The average molecular weight is 284 g/mol. The maximum Gasteiger partial charge on any atom is 0.224 e. The molecule has 0 spiro atoms. The second-order valence-corrected chi connectivity index (χ2v) is 5.69. The van der Waals surface area contributed by atoms with Crippen molar-refractivity contribution in [3.05, 3.63) is 0 Å². The number of carbonyl (C=O) groups is 2. The molecular formula is C15H28N2O3. The molecule has 0 aliphatic carbocycles. The van der Waals surface area contributed by atoms with Crippen molar-refractivity contribution >= 4 is 11.8 Å². The van der Waals surface area contributed by atoms with Crippen LogP contribution >= 0.6 is 0 Å². The summed E-state index contributed by atoms with van der Waals surface area (Å²) >= 11 is 0. The van der Waals surface area contributed by atoms with E-state index in [9.17, 15) is 9.59 Å². The summed E-state index contributed by atoms with van der Waals surface area (Å²) in [4.78, 5) is 27.5. The Labute approximate surface area is 122 Å². The molecule has 2 amide bonds. The minimum Gasteiger partial charge on any atom is -0.381 e. The van der Waals surface area contributed by atoms with Crippen LogP contribution in [-0.2, 0) is 14.3 Å². The summed E-state index contributed by atoms with van der Waals surface area (Å²) in [5.41, 5.74) is 0. The van der Waals surface area contributed by atoms with Crippen molar-refractivity contribution < 1.29 is 14.3 Å². The van der Waals surface area contributed by atoms with E-state index in [4.69, 9.17) is 4.74 Å². The molecule has 0 aromatic heterocycles. The Bertz CT molecular complexity index is 318. The van der Waals surface area contributed by atoms with Gasteiger partial charge in [0, 0.05) is 39.2 Å². The second kappa shape index (κ2) is 8.95. The van der Waals surface area contributed by atoms with Gasteiger partial charge in [-0.05, 0) is 12.3 Å². The Morgan fingerprint density at radius 2 is 1.65 bits per heavy atom. The lowest BCUT2D eigenvalue weighted by Crippen LogP contribution is -2.37. The Balaban J connectivity index is 2.29. The van der Waals surface area contributed by atoms with Crippen molar-refractivity contribution in [2.24, 2.45) is 5.92 Å². The minimum absolute atomic E-state index is 0.138. The standard InChI is InChI=1S/C15H28N2O3/c1-4-14(18)16-7-5-8-17(10-9-16)15(19)6-11-20-12-13(2)3/h13H,4-12H2,1-3H3. The molecule has 1 aliphatic heterocycles. The van der Waals surface area contributed by atoms with Crippen LogP contribution in [0.1, 0.15) is 40.0 Å². The van der Waals surface area contributed by atoms with E-state index in [1.54, 1.807) is 0 Å². The molecule has 0 bridgehead atoms. The largest absolute Gasteiger partial charge is 0.381 e. The number of rotatable bonds is 6.